The van der Waals surface area contributed by atoms with Crippen molar-refractivity contribution >= 4 is 5.91 Å². The Morgan fingerprint density at radius 2 is 2.29 bits per heavy atom. The summed E-state index contributed by atoms with van der Waals surface area (Å²) in [5.41, 5.74) is 5.29. The van der Waals surface area contributed by atoms with E-state index in [1.165, 1.54) is 0 Å². The molecule has 0 aromatic heterocycles. The minimum absolute atomic E-state index is 0.0884. The first-order valence-corrected chi connectivity index (χ1v) is 5.26. The number of hydrogen-bond acceptors (Lipinski definition) is 3. The van der Waals surface area contributed by atoms with Crippen LogP contribution in [0.15, 0.2) is 0 Å². The number of carbonyl (C=O) groups excluding carboxylic acids is 1. The van der Waals surface area contributed by atoms with E-state index in [1.807, 2.05) is 6.92 Å². The molecule has 1 fully saturated rings. The number of nitrogens with one attached hydrogen (secondary N) is 1. The molecule has 1 aliphatic carbocycles. The molecule has 4 heteroatoms. The lowest BCUT2D eigenvalue weighted by Crippen LogP contribution is -2.41. The van der Waals surface area contributed by atoms with Gasteiger partial charge in [0, 0.05) is 19.2 Å². The summed E-state index contributed by atoms with van der Waals surface area (Å²) in [7, 11) is 0. The lowest BCUT2D eigenvalue weighted by molar-refractivity contribution is -0.126. The summed E-state index contributed by atoms with van der Waals surface area (Å²) < 4.78 is 0. The first kappa shape index (κ1) is 11.5. The average molecular weight is 200 g/mol. The number of rotatable bonds is 6. The number of carbonyl (C=O) groups is 1. The normalized spacial score (nSPS) is 20.2. The molecule has 1 rings (SSSR count). The highest BCUT2D eigenvalue weighted by Gasteiger charge is 2.48. The van der Waals surface area contributed by atoms with Crippen molar-refractivity contribution in [2.45, 2.75) is 38.6 Å². The number of aliphatic hydroxyl groups excluding tert-OH is 1. The van der Waals surface area contributed by atoms with Gasteiger partial charge in [0.25, 0.3) is 0 Å². The van der Waals surface area contributed by atoms with Gasteiger partial charge in [-0.3, -0.25) is 4.79 Å². The van der Waals surface area contributed by atoms with Crippen LogP contribution in [0, 0.1) is 5.41 Å². The maximum absolute atomic E-state index is 11.7. The van der Waals surface area contributed by atoms with Gasteiger partial charge >= 0.3 is 0 Å². The highest BCUT2D eigenvalue weighted by molar-refractivity contribution is 5.85. The van der Waals surface area contributed by atoms with E-state index in [2.05, 4.69) is 5.32 Å². The highest BCUT2D eigenvalue weighted by Crippen LogP contribution is 2.44. The van der Waals surface area contributed by atoms with Crippen LogP contribution in [0.5, 0.6) is 0 Å². The molecule has 4 N–H and O–H groups in total. The highest BCUT2D eigenvalue weighted by atomic mass is 16.2. The summed E-state index contributed by atoms with van der Waals surface area (Å²) in [6, 6.07) is 0.138. The zero-order valence-electron chi connectivity index (χ0n) is 8.75. The monoisotopic (exact) mass is 200 g/mol. The van der Waals surface area contributed by atoms with E-state index in [0.29, 0.717) is 6.54 Å². The molecule has 0 radical (unpaired) electrons. The van der Waals surface area contributed by atoms with Crippen molar-refractivity contribution in [3.8, 4) is 0 Å². The van der Waals surface area contributed by atoms with Gasteiger partial charge in [-0.1, -0.05) is 0 Å². The topological polar surface area (TPSA) is 75.3 Å². The predicted molar refractivity (Wildman–Crippen MR) is 54.6 cm³/mol. The van der Waals surface area contributed by atoms with Gasteiger partial charge in [0.2, 0.25) is 5.91 Å². The van der Waals surface area contributed by atoms with Gasteiger partial charge in [0.05, 0.1) is 5.41 Å². The van der Waals surface area contributed by atoms with Crippen molar-refractivity contribution in [3.05, 3.63) is 0 Å². The third kappa shape index (κ3) is 2.69. The quantitative estimate of drug-likeness (QED) is 0.565. The number of hydrogen-bond donors (Lipinski definition) is 3. The molecule has 0 aliphatic heterocycles. The molecular weight excluding hydrogens is 180 g/mol. The van der Waals surface area contributed by atoms with Crippen LogP contribution < -0.4 is 11.1 Å². The molecule has 14 heavy (non-hydrogen) atoms. The van der Waals surface area contributed by atoms with Gasteiger partial charge in [-0.25, -0.2) is 0 Å². The van der Waals surface area contributed by atoms with Crippen molar-refractivity contribution < 1.29 is 9.90 Å². The van der Waals surface area contributed by atoms with E-state index in [-0.39, 0.29) is 24.0 Å². The molecule has 1 unspecified atom stereocenters. The Morgan fingerprint density at radius 1 is 1.64 bits per heavy atom. The lowest BCUT2D eigenvalue weighted by Gasteiger charge is -2.17. The molecule has 0 aromatic carbocycles. The summed E-state index contributed by atoms with van der Waals surface area (Å²) in [6.07, 6.45) is 3.39. The molecule has 0 heterocycles. The van der Waals surface area contributed by atoms with Gasteiger partial charge < -0.3 is 16.2 Å². The van der Waals surface area contributed by atoms with Crippen LogP contribution in [0.25, 0.3) is 0 Å². The molecule has 1 atom stereocenters. The molecule has 0 spiro atoms. The van der Waals surface area contributed by atoms with E-state index in [4.69, 9.17) is 10.8 Å². The summed E-state index contributed by atoms with van der Waals surface area (Å²) >= 11 is 0. The summed E-state index contributed by atoms with van der Waals surface area (Å²) in [5.74, 6) is 0.0884. The molecule has 1 saturated carbocycles. The first-order chi connectivity index (χ1) is 6.64. The summed E-state index contributed by atoms with van der Waals surface area (Å²) in [5, 5.41) is 11.6. The van der Waals surface area contributed by atoms with Crippen molar-refractivity contribution in [1.82, 2.24) is 5.32 Å². The van der Waals surface area contributed by atoms with E-state index < -0.39 is 0 Å². The Hall–Kier alpha value is -0.610. The van der Waals surface area contributed by atoms with Crippen molar-refractivity contribution in [2.24, 2.45) is 11.1 Å². The van der Waals surface area contributed by atoms with E-state index in [1.54, 1.807) is 0 Å². The maximum atomic E-state index is 11.7. The van der Waals surface area contributed by atoms with Crippen molar-refractivity contribution in [1.29, 1.82) is 0 Å². The molecule has 0 bridgehead atoms. The SMILES string of the molecule is CC(CCCO)NC(=O)C1(CN)CC1. The fraction of sp³-hybridized carbons (Fsp3) is 0.900. The Kier molecular flexibility index (Phi) is 3.89. The minimum Gasteiger partial charge on any atom is -0.396 e. The van der Waals surface area contributed by atoms with Crippen molar-refractivity contribution in [3.63, 3.8) is 0 Å². The van der Waals surface area contributed by atoms with Crippen LogP contribution in [-0.4, -0.2) is 30.2 Å². The van der Waals surface area contributed by atoms with Crippen molar-refractivity contribution in [2.75, 3.05) is 13.2 Å². The van der Waals surface area contributed by atoms with Crippen LogP contribution in [0.2, 0.25) is 0 Å². The van der Waals surface area contributed by atoms with E-state index in [0.717, 1.165) is 25.7 Å². The Labute approximate surface area is 84.9 Å². The Bertz CT molecular complexity index is 202. The van der Waals surface area contributed by atoms with Gasteiger partial charge in [0.15, 0.2) is 0 Å². The molecule has 82 valence electrons. The Balaban J connectivity index is 2.26. The fourth-order valence-corrected chi connectivity index (χ4v) is 1.52. The van der Waals surface area contributed by atoms with Crippen LogP contribution >= 0.6 is 0 Å². The standard InChI is InChI=1S/C10H20N2O2/c1-8(3-2-6-13)12-9(14)10(7-11)4-5-10/h8,13H,2-7,11H2,1H3,(H,12,14). The largest absolute Gasteiger partial charge is 0.396 e. The first-order valence-electron chi connectivity index (χ1n) is 5.26. The average Bonchev–Trinajstić information content (AvgIpc) is 2.95. The van der Waals surface area contributed by atoms with E-state index >= 15 is 0 Å². The fourth-order valence-electron chi connectivity index (χ4n) is 1.52. The molecule has 0 saturated heterocycles. The zero-order chi connectivity index (χ0) is 10.6. The zero-order valence-corrected chi connectivity index (χ0v) is 8.75. The van der Waals surface area contributed by atoms with Crippen LogP contribution in [0.4, 0.5) is 0 Å². The molecule has 4 nitrogen and oxygen atoms in total. The smallest absolute Gasteiger partial charge is 0.227 e. The third-order valence-electron chi connectivity index (χ3n) is 2.90. The number of aliphatic hydroxyl groups is 1. The molecule has 1 amide bonds. The molecule has 0 aromatic rings. The van der Waals surface area contributed by atoms with Gasteiger partial charge in [-0.15, -0.1) is 0 Å². The van der Waals surface area contributed by atoms with Gasteiger partial charge in [-0.05, 0) is 32.6 Å². The molecule has 1 aliphatic rings. The predicted octanol–water partition coefficient (Wildman–Crippen LogP) is 0.00250. The number of amides is 1. The summed E-state index contributed by atoms with van der Waals surface area (Å²) in [4.78, 5) is 11.7. The van der Waals surface area contributed by atoms with Gasteiger partial charge in [-0.2, -0.15) is 0 Å². The van der Waals surface area contributed by atoms with Crippen LogP contribution in [0.1, 0.15) is 32.6 Å². The summed E-state index contributed by atoms with van der Waals surface area (Å²) in [6.45, 7) is 2.59. The minimum atomic E-state index is -0.256. The molecular formula is C10H20N2O2. The van der Waals surface area contributed by atoms with E-state index in [9.17, 15) is 4.79 Å². The second-order valence-corrected chi connectivity index (χ2v) is 4.22. The van der Waals surface area contributed by atoms with Crippen LogP contribution in [0.3, 0.4) is 0 Å². The Morgan fingerprint density at radius 3 is 2.71 bits per heavy atom. The van der Waals surface area contributed by atoms with Gasteiger partial charge in [0.1, 0.15) is 0 Å². The third-order valence-corrected chi connectivity index (χ3v) is 2.90. The second-order valence-electron chi connectivity index (χ2n) is 4.22. The second kappa shape index (κ2) is 4.75. The number of nitrogens with two attached hydrogens (primary N) is 1. The van der Waals surface area contributed by atoms with Crippen LogP contribution in [-0.2, 0) is 4.79 Å². The maximum Gasteiger partial charge on any atom is 0.227 e. The lowest BCUT2D eigenvalue weighted by atomic mass is 10.1.